The molecule has 0 saturated heterocycles. The lowest BCUT2D eigenvalue weighted by atomic mass is 10.0. The summed E-state index contributed by atoms with van der Waals surface area (Å²) < 4.78 is 0. The number of aromatic nitrogens is 3. The summed E-state index contributed by atoms with van der Waals surface area (Å²) >= 11 is 0. The number of hydrogen-bond acceptors (Lipinski definition) is 3. The molecule has 2 aliphatic heterocycles. The van der Waals surface area contributed by atoms with Gasteiger partial charge in [0.1, 0.15) is 0 Å². The Labute approximate surface area is 243 Å². The van der Waals surface area contributed by atoms with Crippen molar-refractivity contribution in [3.63, 3.8) is 0 Å². The number of carboxylic acids is 2. The van der Waals surface area contributed by atoms with Gasteiger partial charge in [0.25, 0.3) is 0 Å². The molecule has 0 radical (unpaired) electrons. The number of fused-ring (bicyclic) bond motifs is 7. The van der Waals surface area contributed by atoms with Crippen LogP contribution in [0, 0.1) is 20.8 Å². The van der Waals surface area contributed by atoms with Gasteiger partial charge < -0.3 is 25.2 Å². The van der Waals surface area contributed by atoms with Gasteiger partial charge in [0, 0.05) is 51.2 Å². The maximum atomic E-state index is 11.5. The Hall–Kier alpha value is -4.85. The molecule has 8 bridgehead atoms. The number of aliphatic imine (C=N–C) groups is 1. The van der Waals surface area contributed by atoms with Crippen LogP contribution in [-0.2, 0) is 22.4 Å². The largest absolute Gasteiger partial charge is 0.481 e. The molecule has 3 aromatic heterocycles. The molecule has 0 aliphatic carbocycles. The van der Waals surface area contributed by atoms with Crippen molar-refractivity contribution >= 4 is 48.0 Å². The van der Waals surface area contributed by atoms with E-state index in [9.17, 15) is 19.8 Å². The fraction of sp³-hybridized carbons (Fsp3) is 0.265. The van der Waals surface area contributed by atoms with Crippen molar-refractivity contribution in [1.29, 1.82) is 0 Å². The molecule has 2 aliphatic rings. The molecular formula is C34H36N4O4. The number of carboxylic acid groups (broad SMARTS) is 2. The van der Waals surface area contributed by atoms with Crippen molar-refractivity contribution in [2.24, 2.45) is 4.99 Å². The highest BCUT2D eigenvalue weighted by Gasteiger charge is 2.22. The molecule has 1 atom stereocenters. The van der Waals surface area contributed by atoms with Gasteiger partial charge >= 0.3 is 11.9 Å². The van der Waals surface area contributed by atoms with Crippen molar-refractivity contribution in [1.82, 2.24) is 15.0 Å². The summed E-state index contributed by atoms with van der Waals surface area (Å²) in [6.45, 7) is 16.2. The normalized spacial score (nSPS) is 19.0. The third-order valence-electron chi connectivity index (χ3n) is 8.47. The van der Waals surface area contributed by atoms with E-state index in [1.54, 1.807) is 0 Å². The van der Waals surface area contributed by atoms with Gasteiger partial charge in [-0.15, -0.1) is 0 Å². The van der Waals surface area contributed by atoms with Crippen LogP contribution >= 0.6 is 0 Å². The van der Waals surface area contributed by atoms with Gasteiger partial charge in [-0.1, -0.05) is 25.3 Å². The highest BCUT2D eigenvalue weighted by atomic mass is 16.4. The van der Waals surface area contributed by atoms with E-state index in [1.807, 2.05) is 51.2 Å². The first-order valence-electron chi connectivity index (χ1n) is 14.0. The zero-order chi connectivity index (χ0) is 30.3. The van der Waals surface area contributed by atoms with Crippen LogP contribution in [-0.4, -0.2) is 48.9 Å². The SMILES string of the molecule is C=CC1=C(C)C2=NC1/C=c1\[nH]/c(c(C=C)c1C)=C\c1[nH]c(c(CCC(=O)O)c1C)/C=c1\[nH]/c(c(C)c1CCC(=O)O)=C\2. The molecule has 1 unspecified atom stereocenters. The van der Waals surface area contributed by atoms with Crippen LogP contribution in [0.2, 0.25) is 0 Å². The van der Waals surface area contributed by atoms with E-state index >= 15 is 0 Å². The minimum absolute atomic E-state index is 0.00921. The molecule has 0 amide bonds. The molecular weight excluding hydrogens is 528 g/mol. The van der Waals surface area contributed by atoms with Gasteiger partial charge in [0.05, 0.1) is 11.8 Å². The zero-order valence-electron chi connectivity index (χ0n) is 24.4. The van der Waals surface area contributed by atoms with E-state index in [0.29, 0.717) is 12.8 Å². The lowest BCUT2D eigenvalue weighted by Gasteiger charge is -2.03. The van der Waals surface area contributed by atoms with Crippen LogP contribution in [0.3, 0.4) is 0 Å². The van der Waals surface area contributed by atoms with Crippen LogP contribution in [0.15, 0.2) is 35.4 Å². The lowest BCUT2D eigenvalue weighted by Crippen LogP contribution is -2.15. The first-order valence-corrected chi connectivity index (χ1v) is 14.0. The van der Waals surface area contributed by atoms with Crippen molar-refractivity contribution in [2.45, 2.75) is 59.4 Å². The quantitative estimate of drug-likeness (QED) is 0.288. The van der Waals surface area contributed by atoms with Gasteiger partial charge in [-0.2, -0.15) is 0 Å². The number of nitrogens with one attached hydrogen (secondary N) is 3. The maximum Gasteiger partial charge on any atom is 0.303 e. The molecule has 5 rings (SSSR count). The van der Waals surface area contributed by atoms with Gasteiger partial charge in [-0.3, -0.25) is 14.6 Å². The summed E-state index contributed by atoms with van der Waals surface area (Å²) in [5.74, 6) is -1.74. The molecule has 8 nitrogen and oxygen atoms in total. The minimum Gasteiger partial charge on any atom is -0.481 e. The third kappa shape index (κ3) is 5.16. The zero-order valence-corrected chi connectivity index (χ0v) is 24.4. The molecule has 5 N–H and O–H groups in total. The van der Waals surface area contributed by atoms with E-state index < -0.39 is 11.9 Å². The molecule has 0 aromatic carbocycles. The van der Waals surface area contributed by atoms with Crippen LogP contribution < -0.4 is 21.4 Å². The number of H-pyrrole nitrogens is 3. The van der Waals surface area contributed by atoms with Gasteiger partial charge in [-0.05, 0) is 104 Å². The summed E-state index contributed by atoms with van der Waals surface area (Å²) in [5, 5.41) is 22.4. The lowest BCUT2D eigenvalue weighted by molar-refractivity contribution is -0.138. The fourth-order valence-electron chi connectivity index (χ4n) is 6.01. The average molecular weight is 565 g/mol. The molecule has 0 spiro atoms. The molecule has 42 heavy (non-hydrogen) atoms. The summed E-state index contributed by atoms with van der Waals surface area (Å²) in [6, 6.07) is -0.223. The fourth-order valence-corrected chi connectivity index (χ4v) is 6.01. The summed E-state index contributed by atoms with van der Waals surface area (Å²) in [5.41, 5.74) is 10.3. The Kier molecular flexibility index (Phi) is 7.65. The molecule has 0 fully saturated rings. The highest BCUT2D eigenvalue weighted by molar-refractivity contribution is 6.22. The molecule has 3 aromatic rings. The smallest absolute Gasteiger partial charge is 0.303 e. The second-order valence-electron chi connectivity index (χ2n) is 10.9. The van der Waals surface area contributed by atoms with E-state index in [-0.39, 0.29) is 18.9 Å². The van der Waals surface area contributed by atoms with Crippen molar-refractivity contribution < 1.29 is 19.8 Å². The molecule has 8 heteroatoms. The van der Waals surface area contributed by atoms with Crippen LogP contribution in [0.1, 0.15) is 64.5 Å². The topological polar surface area (TPSA) is 134 Å². The summed E-state index contributed by atoms with van der Waals surface area (Å²) in [7, 11) is 0. The predicted molar refractivity (Wildman–Crippen MR) is 167 cm³/mol. The van der Waals surface area contributed by atoms with Crippen LogP contribution in [0.4, 0.5) is 0 Å². The number of rotatable bonds is 8. The Morgan fingerprint density at radius 3 is 2.07 bits per heavy atom. The summed E-state index contributed by atoms with van der Waals surface area (Å²) in [6.07, 6.45) is 12.5. The first kappa shape index (κ1) is 28.7. The number of nitrogens with zero attached hydrogens (tertiary/aromatic N) is 1. The monoisotopic (exact) mass is 564 g/mol. The van der Waals surface area contributed by atoms with E-state index in [2.05, 4.69) is 41.1 Å². The number of hydrogen-bond donors (Lipinski definition) is 5. The second kappa shape index (κ2) is 11.2. The van der Waals surface area contributed by atoms with Gasteiger partial charge in [-0.25, -0.2) is 0 Å². The average Bonchev–Trinajstić information content (AvgIpc) is 3.59. The highest BCUT2D eigenvalue weighted by Crippen LogP contribution is 2.25. The molecule has 5 heterocycles. The number of aromatic amines is 3. The van der Waals surface area contributed by atoms with E-state index in [0.717, 1.165) is 83.0 Å². The standard InChI is InChI=1S/C34H36N4O4/c1-7-21-17(3)25-13-26-19(5)23(9-11-33(39)40)31(37-26)16-32-24(10-12-34(41)42)20(6)28(38-32)15-30-22(8-2)18(4)27(36-30)14-29(21)35-25/h7-8,13-16,29,36-38H,1-2,9-12H2,3-6H3,(H,39,40)(H,41,42)/b26-13-,27-14-,30-15-,31-16-. The van der Waals surface area contributed by atoms with E-state index in [4.69, 9.17) is 4.99 Å². The van der Waals surface area contributed by atoms with E-state index in [1.165, 1.54) is 0 Å². The van der Waals surface area contributed by atoms with Crippen LogP contribution in [0.25, 0.3) is 30.4 Å². The second-order valence-corrected chi connectivity index (χ2v) is 10.9. The predicted octanol–water partition coefficient (Wildman–Crippen LogP) is 2.83. The Bertz CT molecular complexity index is 1970. The van der Waals surface area contributed by atoms with Crippen molar-refractivity contribution in [2.75, 3.05) is 0 Å². The van der Waals surface area contributed by atoms with Gasteiger partial charge in [0.15, 0.2) is 0 Å². The Morgan fingerprint density at radius 1 is 0.786 bits per heavy atom. The summed E-state index contributed by atoms with van der Waals surface area (Å²) in [4.78, 5) is 38.7. The van der Waals surface area contributed by atoms with Crippen LogP contribution in [0.5, 0.6) is 0 Å². The molecule has 0 saturated carbocycles. The third-order valence-corrected chi connectivity index (χ3v) is 8.47. The van der Waals surface area contributed by atoms with Crippen molar-refractivity contribution in [3.8, 4) is 0 Å². The Morgan fingerprint density at radius 2 is 1.43 bits per heavy atom. The van der Waals surface area contributed by atoms with Gasteiger partial charge in [0.2, 0.25) is 0 Å². The number of aliphatic carboxylic acids is 2. The minimum atomic E-state index is -0.869. The number of carbonyl (C=O) groups is 2. The van der Waals surface area contributed by atoms with Crippen molar-refractivity contribution in [3.05, 3.63) is 96.5 Å². The molecule has 216 valence electrons. The number of allylic oxidation sites excluding steroid dienone is 1. The maximum absolute atomic E-state index is 11.5. The first-order chi connectivity index (χ1) is 20.0. The Balaban J connectivity index is 1.89.